The fourth-order valence-corrected chi connectivity index (χ4v) is 2.91. The number of aryl methyl sites for hydroxylation is 3. The molecule has 3 rings (SSSR count). The Hall–Kier alpha value is -1.73. The van der Waals surface area contributed by atoms with Crippen LogP contribution >= 0.6 is 0 Å². The van der Waals surface area contributed by atoms with Crippen LogP contribution in [0.1, 0.15) is 47.6 Å². The number of ether oxygens (including phenoxy) is 1. The van der Waals surface area contributed by atoms with E-state index in [0.29, 0.717) is 11.7 Å². The summed E-state index contributed by atoms with van der Waals surface area (Å²) in [5, 5.41) is 11.7. The van der Waals surface area contributed by atoms with Crippen molar-refractivity contribution in [1.29, 1.82) is 0 Å². The zero-order chi connectivity index (χ0) is 15.7. The molecule has 0 bridgehead atoms. The lowest BCUT2D eigenvalue weighted by molar-refractivity contribution is 0.0264. The van der Waals surface area contributed by atoms with Gasteiger partial charge in [-0.25, -0.2) is 0 Å². The van der Waals surface area contributed by atoms with E-state index in [2.05, 4.69) is 27.5 Å². The second kappa shape index (κ2) is 6.18. The van der Waals surface area contributed by atoms with Gasteiger partial charge in [0.2, 0.25) is 0 Å². The molecule has 1 N–H and O–H groups in total. The molecule has 0 aromatic carbocycles. The molecule has 2 atom stereocenters. The number of aromatic nitrogens is 4. The van der Waals surface area contributed by atoms with E-state index in [0.717, 1.165) is 31.6 Å². The summed E-state index contributed by atoms with van der Waals surface area (Å²) in [6.45, 7) is 7.59. The lowest BCUT2D eigenvalue weighted by Gasteiger charge is -2.12. The molecule has 120 valence electrons. The third-order valence-electron chi connectivity index (χ3n) is 4.26. The molecule has 1 saturated heterocycles. The Morgan fingerprint density at radius 3 is 2.73 bits per heavy atom. The lowest BCUT2D eigenvalue weighted by atomic mass is 10.1. The Labute approximate surface area is 130 Å². The van der Waals surface area contributed by atoms with Crippen molar-refractivity contribution in [3.63, 3.8) is 0 Å². The fraction of sp³-hybridized carbons (Fsp3) is 0.667. The third-order valence-corrected chi connectivity index (χ3v) is 4.26. The Morgan fingerprint density at radius 1 is 1.27 bits per heavy atom. The molecule has 7 heteroatoms. The van der Waals surface area contributed by atoms with Gasteiger partial charge in [0.05, 0.1) is 11.8 Å². The SMILES string of the molecule is Cc1noc([C@@H]2CC[C@H](CNCc3c(C)nn(C)c3C)O2)n1. The Morgan fingerprint density at radius 2 is 2.09 bits per heavy atom. The number of rotatable bonds is 5. The van der Waals surface area contributed by atoms with Crippen LogP contribution in [0, 0.1) is 20.8 Å². The average molecular weight is 305 g/mol. The minimum absolute atomic E-state index is 0.0603. The maximum Gasteiger partial charge on any atom is 0.255 e. The van der Waals surface area contributed by atoms with E-state index in [1.54, 1.807) is 0 Å². The molecule has 0 amide bonds. The zero-order valence-corrected chi connectivity index (χ0v) is 13.6. The Kier molecular flexibility index (Phi) is 4.26. The first-order valence-corrected chi connectivity index (χ1v) is 7.70. The van der Waals surface area contributed by atoms with Crippen molar-refractivity contribution in [2.75, 3.05) is 6.54 Å². The van der Waals surface area contributed by atoms with Crippen LogP contribution in [0.4, 0.5) is 0 Å². The van der Waals surface area contributed by atoms with E-state index >= 15 is 0 Å². The molecule has 0 spiro atoms. The summed E-state index contributed by atoms with van der Waals surface area (Å²) < 4.78 is 13.1. The third kappa shape index (κ3) is 3.05. The highest BCUT2D eigenvalue weighted by molar-refractivity contribution is 5.23. The normalized spacial score (nSPS) is 21.6. The van der Waals surface area contributed by atoms with Crippen molar-refractivity contribution >= 4 is 0 Å². The van der Waals surface area contributed by atoms with E-state index < -0.39 is 0 Å². The first kappa shape index (κ1) is 15.2. The summed E-state index contributed by atoms with van der Waals surface area (Å²) in [5.41, 5.74) is 3.56. The average Bonchev–Trinajstić information content (AvgIpc) is 3.15. The molecule has 2 aromatic heterocycles. The quantitative estimate of drug-likeness (QED) is 0.906. The van der Waals surface area contributed by atoms with Crippen molar-refractivity contribution in [1.82, 2.24) is 25.2 Å². The summed E-state index contributed by atoms with van der Waals surface area (Å²) in [4.78, 5) is 4.25. The number of nitrogens with zero attached hydrogens (tertiary/aromatic N) is 4. The van der Waals surface area contributed by atoms with E-state index in [9.17, 15) is 0 Å². The van der Waals surface area contributed by atoms with Crippen LogP contribution in [0.3, 0.4) is 0 Å². The molecule has 0 unspecified atom stereocenters. The smallest absolute Gasteiger partial charge is 0.255 e. The Bertz CT molecular complexity index is 648. The van der Waals surface area contributed by atoms with Crippen molar-refractivity contribution in [2.45, 2.75) is 52.4 Å². The molecule has 1 aliphatic heterocycles. The first-order valence-electron chi connectivity index (χ1n) is 7.70. The van der Waals surface area contributed by atoms with Gasteiger partial charge in [0, 0.05) is 31.4 Å². The van der Waals surface area contributed by atoms with E-state index in [1.807, 2.05) is 25.6 Å². The van der Waals surface area contributed by atoms with Crippen molar-refractivity contribution in [3.8, 4) is 0 Å². The minimum atomic E-state index is -0.0603. The van der Waals surface area contributed by atoms with E-state index in [4.69, 9.17) is 9.26 Å². The van der Waals surface area contributed by atoms with Gasteiger partial charge in [0.1, 0.15) is 6.10 Å². The van der Waals surface area contributed by atoms with Crippen molar-refractivity contribution in [3.05, 3.63) is 28.7 Å². The predicted molar refractivity (Wildman–Crippen MR) is 80.3 cm³/mol. The van der Waals surface area contributed by atoms with Gasteiger partial charge in [-0.3, -0.25) is 4.68 Å². The van der Waals surface area contributed by atoms with Gasteiger partial charge in [0.15, 0.2) is 5.82 Å². The maximum atomic E-state index is 5.98. The maximum absolute atomic E-state index is 5.98. The number of nitrogens with one attached hydrogen (secondary N) is 1. The molecular weight excluding hydrogens is 282 g/mol. The molecule has 1 fully saturated rings. The van der Waals surface area contributed by atoms with Gasteiger partial charge in [0.25, 0.3) is 5.89 Å². The standard InChI is InChI=1S/C15H23N5O2/c1-9-13(10(2)20(4)18-9)8-16-7-12-5-6-14(21-12)15-17-11(3)19-22-15/h12,14,16H,5-8H2,1-4H3/t12-,14+/m1/s1. The molecule has 22 heavy (non-hydrogen) atoms. The molecule has 7 nitrogen and oxygen atoms in total. The van der Waals surface area contributed by atoms with E-state index in [-0.39, 0.29) is 12.2 Å². The summed E-state index contributed by atoms with van der Waals surface area (Å²) in [7, 11) is 1.98. The largest absolute Gasteiger partial charge is 0.364 e. The number of hydrogen-bond donors (Lipinski definition) is 1. The molecule has 2 aromatic rings. The zero-order valence-electron chi connectivity index (χ0n) is 13.6. The minimum Gasteiger partial charge on any atom is -0.364 e. The first-order chi connectivity index (χ1) is 10.5. The summed E-state index contributed by atoms with van der Waals surface area (Å²) >= 11 is 0. The van der Waals surface area contributed by atoms with Gasteiger partial charge in [-0.1, -0.05) is 5.16 Å². The Balaban J connectivity index is 1.49. The van der Waals surface area contributed by atoms with Crippen LogP contribution in [-0.2, 0) is 18.3 Å². The lowest BCUT2D eigenvalue weighted by Crippen LogP contribution is -2.26. The van der Waals surface area contributed by atoms with Gasteiger partial charge >= 0.3 is 0 Å². The van der Waals surface area contributed by atoms with Gasteiger partial charge in [-0.2, -0.15) is 10.1 Å². The predicted octanol–water partition coefficient (Wildman–Crippen LogP) is 1.74. The highest BCUT2D eigenvalue weighted by Crippen LogP contribution is 2.31. The summed E-state index contributed by atoms with van der Waals surface area (Å²) in [6.07, 6.45) is 2.06. The molecule has 0 radical (unpaired) electrons. The second-order valence-electron chi connectivity index (χ2n) is 5.91. The van der Waals surface area contributed by atoms with Crippen LogP contribution in [0.5, 0.6) is 0 Å². The second-order valence-corrected chi connectivity index (χ2v) is 5.91. The highest BCUT2D eigenvalue weighted by Gasteiger charge is 2.30. The van der Waals surface area contributed by atoms with Gasteiger partial charge in [-0.15, -0.1) is 0 Å². The summed E-state index contributed by atoms with van der Waals surface area (Å²) in [6, 6.07) is 0. The van der Waals surface area contributed by atoms with Crippen LogP contribution in [0.25, 0.3) is 0 Å². The molecule has 1 aliphatic rings. The van der Waals surface area contributed by atoms with Gasteiger partial charge < -0.3 is 14.6 Å². The van der Waals surface area contributed by atoms with Crippen molar-refractivity contribution in [2.24, 2.45) is 7.05 Å². The van der Waals surface area contributed by atoms with Crippen LogP contribution in [0.2, 0.25) is 0 Å². The topological polar surface area (TPSA) is 78.0 Å². The molecular formula is C15H23N5O2. The molecule has 0 saturated carbocycles. The van der Waals surface area contributed by atoms with Crippen molar-refractivity contribution < 1.29 is 9.26 Å². The van der Waals surface area contributed by atoms with Crippen LogP contribution < -0.4 is 5.32 Å². The van der Waals surface area contributed by atoms with E-state index in [1.165, 1.54) is 11.3 Å². The summed E-state index contributed by atoms with van der Waals surface area (Å²) in [5.74, 6) is 1.25. The van der Waals surface area contributed by atoms with Crippen LogP contribution in [-0.4, -0.2) is 32.6 Å². The fourth-order valence-electron chi connectivity index (χ4n) is 2.91. The van der Waals surface area contributed by atoms with Crippen LogP contribution in [0.15, 0.2) is 4.52 Å². The number of hydrogen-bond acceptors (Lipinski definition) is 6. The monoisotopic (exact) mass is 305 g/mol. The van der Waals surface area contributed by atoms with Gasteiger partial charge in [-0.05, 0) is 33.6 Å². The highest BCUT2D eigenvalue weighted by atomic mass is 16.5. The molecule has 0 aliphatic carbocycles. The molecule has 3 heterocycles.